The zero-order valence-corrected chi connectivity index (χ0v) is 14.2. The molecule has 1 saturated heterocycles. The molecule has 4 heteroatoms. The summed E-state index contributed by atoms with van der Waals surface area (Å²) in [5.74, 6) is 0.797. The SMILES string of the molecule is CC1CCCN(C(=O)C(C)(C)c2c[nH]c3ccc(Cl)cc23)C1. The molecule has 1 unspecified atom stereocenters. The fourth-order valence-corrected chi connectivity index (χ4v) is 3.67. The molecule has 0 spiro atoms. The van der Waals surface area contributed by atoms with Crippen LogP contribution in [0, 0.1) is 5.92 Å². The number of fused-ring (bicyclic) bond motifs is 1. The van der Waals surface area contributed by atoms with Crippen LogP contribution in [0.3, 0.4) is 0 Å². The summed E-state index contributed by atoms with van der Waals surface area (Å²) in [6.07, 6.45) is 4.27. The maximum absolute atomic E-state index is 13.1. The summed E-state index contributed by atoms with van der Waals surface area (Å²) >= 11 is 6.14. The molecule has 1 aliphatic rings. The lowest BCUT2D eigenvalue weighted by molar-refractivity contribution is -0.138. The molecule has 0 aliphatic carbocycles. The number of nitrogens with zero attached hydrogens (tertiary/aromatic N) is 1. The second-order valence-corrected chi connectivity index (χ2v) is 7.45. The van der Waals surface area contributed by atoms with Gasteiger partial charge in [0.2, 0.25) is 5.91 Å². The van der Waals surface area contributed by atoms with E-state index in [1.165, 1.54) is 6.42 Å². The Morgan fingerprint density at radius 1 is 1.41 bits per heavy atom. The van der Waals surface area contributed by atoms with Gasteiger partial charge in [0.25, 0.3) is 0 Å². The minimum Gasteiger partial charge on any atom is -0.361 e. The standard InChI is InChI=1S/C18H23ClN2O/c1-12-5-4-8-21(11-12)17(22)18(2,3)15-10-20-16-7-6-13(19)9-14(15)16/h6-7,9-10,12,20H,4-5,8,11H2,1-3H3. The second kappa shape index (κ2) is 5.62. The highest BCUT2D eigenvalue weighted by Crippen LogP contribution is 2.34. The molecule has 1 aliphatic heterocycles. The van der Waals surface area contributed by atoms with Crippen molar-refractivity contribution in [2.75, 3.05) is 13.1 Å². The predicted octanol–water partition coefficient (Wildman–Crippen LogP) is 4.36. The highest BCUT2D eigenvalue weighted by molar-refractivity contribution is 6.31. The van der Waals surface area contributed by atoms with E-state index < -0.39 is 5.41 Å². The summed E-state index contributed by atoms with van der Waals surface area (Å²) in [7, 11) is 0. The quantitative estimate of drug-likeness (QED) is 0.877. The van der Waals surface area contributed by atoms with Gasteiger partial charge in [-0.1, -0.05) is 18.5 Å². The maximum atomic E-state index is 13.1. The molecule has 0 bridgehead atoms. The van der Waals surface area contributed by atoms with Gasteiger partial charge >= 0.3 is 0 Å². The molecule has 1 aromatic heterocycles. The summed E-state index contributed by atoms with van der Waals surface area (Å²) in [5.41, 5.74) is 1.49. The first-order valence-corrected chi connectivity index (χ1v) is 8.34. The van der Waals surface area contributed by atoms with Crippen molar-refractivity contribution >= 4 is 28.4 Å². The number of piperidine rings is 1. The third-order valence-corrected chi connectivity index (χ3v) is 5.03. The summed E-state index contributed by atoms with van der Waals surface area (Å²) in [6.45, 7) is 7.98. The fourth-order valence-electron chi connectivity index (χ4n) is 3.49. The van der Waals surface area contributed by atoms with Crippen molar-refractivity contribution in [2.45, 2.75) is 39.0 Å². The van der Waals surface area contributed by atoms with E-state index in [4.69, 9.17) is 11.6 Å². The molecular weight excluding hydrogens is 296 g/mol. The lowest BCUT2D eigenvalue weighted by atomic mass is 9.82. The lowest BCUT2D eigenvalue weighted by Crippen LogP contribution is -2.47. The van der Waals surface area contributed by atoms with Crippen molar-refractivity contribution in [1.82, 2.24) is 9.88 Å². The van der Waals surface area contributed by atoms with Crippen LogP contribution < -0.4 is 0 Å². The molecular formula is C18H23ClN2O. The van der Waals surface area contributed by atoms with Crippen LogP contribution in [0.25, 0.3) is 10.9 Å². The molecule has 0 radical (unpaired) electrons. The van der Waals surface area contributed by atoms with Gasteiger partial charge in [-0.25, -0.2) is 0 Å². The number of rotatable bonds is 2. The number of benzene rings is 1. The highest BCUT2D eigenvalue weighted by atomic mass is 35.5. The average Bonchev–Trinajstić information content (AvgIpc) is 2.90. The molecule has 118 valence electrons. The third kappa shape index (κ3) is 2.63. The molecule has 2 heterocycles. The van der Waals surface area contributed by atoms with Gasteiger partial charge < -0.3 is 9.88 Å². The number of aromatic nitrogens is 1. The first-order chi connectivity index (χ1) is 10.4. The van der Waals surface area contributed by atoms with E-state index >= 15 is 0 Å². The van der Waals surface area contributed by atoms with Crippen molar-refractivity contribution < 1.29 is 4.79 Å². The van der Waals surface area contributed by atoms with Crippen LogP contribution in [0.2, 0.25) is 5.02 Å². The van der Waals surface area contributed by atoms with E-state index in [2.05, 4.69) is 11.9 Å². The second-order valence-electron chi connectivity index (χ2n) is 7.02. The van der Waals surface area contributed by atoms with Crippen LogP contribution in [0.5, 0.6) is 0 Å². The zero-order chi connectivity index (χ0) is 15.9. The highest BCUT2D eigenvalue weighted by Gasteiger charge is 2.36. The van der Waals surface area contributed by atoms with Gasteiger partial charge in [0.15, 0.2) is 0 Å². The summed E-state index contributed by atoms with van der Waals surface area (Å²) in [5, 5.41) is 1.74. The number of carbonyl (C=O) groups is 1. The van der Waals surface area contributed by atoms with Gasteiger partial charge in [0.1, 0.15) is 0 Å². The van der Waals surface area contributed by atoms with Crippen molar-refractivity contribution in [3.8, 4) is 0 Å². The lowest BCUT2D eigenvalue weighted by Gasteiger charge is -2.36. The monoisotopic (exact) mass is 318 g/mol. The third-order valence-electron chi connectivity index (χ3n) is 4.80. The van der Waals surface area contributed by atoms with Crippen LogP contribution in [-0.2, 0) is 10.2 Å². The van der Waals surface area contributed by atoms with Gasteiger partial charge in [-0.15, -0.1) is 0 Å². The Kier molecular flexibility index (Phi) is 3.94. The zero-order valence-electron chi connectivity index (χ0n) is 13.4. The average molecular weight is 319 g/mol. The number of hydrogen-bond donors (Lipinski definition) is 1. The summed E-state index contributed by atoms with van der Waals surface area (Å²) < 4.78 is 0. The van der Waals surface area contributed by atoms with Crippen LogP contribution >= 0.6 is 11.6 Å². The van der Waals surface area contributed by atoms with Crippen molar-refractivity contribution in [2.24, 2.45) is 5.92 Å². The van der Waals surface area contributed by atoms with E-state index in [1.54, 1.807) is 0 Å². The predicted molar refractivity (Wildman–Crippen MR) is 91.3 cm³/mol. The van der Waals surface area contributed by atoms with Crippen LogP contribution in [0.15, 0.2) is 24.4 Å². The van der Waals surface area contributed by atoms with E-state index in [9.17, 15) is 4.79 Å². The normalized spacial score (nSPS) is 19.6. The van der Waals surface area contributed by atoms with Gasteiger partial charge in [-0.05, 0) is 56.4 Å². The van der Waals surface area contributed by atoms with Crippen molar-refractivity contribution in [1.29, 1.82) is 0 Å². The first kappa shape index (κ1) is 15.4. The molecule has 1 aromatic carbocycles. The van der Waals surface area contributed by atoms with Gasteiger partial charge in [0.05, 0.1) is 5.41 Å². The van der Waals surface area contributed by atoms with Crippen LogP contribution in [0.1, 0.15) is 39.2 Å². The molecule has 1 fully saturated rings. The minimum absolute atomic E-state index is 0.208. The number of nitrogens with one attached hydrogen (secondary N) is 1. The number of likely N-dealkylation sites (tertiary alicyclic amines) is 1. The number of aromatic amines is 1. The van der Waals surface area contributed by atoms with Gasteiger partial charge in [-0.2, -0.15) is 0 Å². The van der Waals surface area contributed by atoms with Crippen LogP contribution in [-0.4, -0.2) is 28.9 Å². The number of hydrogen-bond acceptors (Lipinski definition) is 1. The Labute approximate surface area is 136 Å². The Balaban J connectivity index is 1.96. The minimum atomic E-state index is -0.556. The smallest absolute Gasteiger partial charge is 0.232 e. The Bertz CT molecular complexity index is 704. The number of H-pyrrole nitrogens is 1. The molecule has 0 saturated carbocycles. The van der Waals surface area contributed by atoms with E-state index in [0.717, 1.165) is 36.0 Å². The Morgan fingerprint density at radius 3 is 2.91 bits per heavy atom. The molecule has 1 atom stereocenters. The first-order valence-electron chi connectivity index (χ1n) is 7.96. The number of carbonyl (C=O) groups excluding carboxylic acids is 1. The van der Waals surface area contributed by atoms with E-state index in [0.29, 0.717) is 10.9 Å². The summed E-state index contributed by atoms with van der Waals surface area (Å²) in [6, 6.07) is 5.77. The number of halogens is 1. The molecule has 3 rings (SSSR count). The van der Waals surface area contributed by atoms with Gasteiger partial charge in [-0.3, -0.25) is 4.79 Å². The van der Waals surface area contributed by atoms with Crippen molar-refractivity contribution in [3.05, 3.63) is 35.0 Å². The number of amides is 1. The summed E-state index contributed by atoms with van der Waals surface area (Å²) in [4.78, 5) is 18.4. The van der Waals surface area contributed by atoms with Crippen LogP contribution in [0.4, 0.5) is 0 Å². The van der Waals surface area contributed by atoms with Gasteiger partial charge in [0, 0.05) is 35.2 Å². The molecule has 1 N–H and O–H groups in total. The maximum Gasteiger partial charge on any atom is 0.232 e. The van der Waals surface area contributed by atoms with E-state index in [1.807, 2.05) is 43.1 Å². The Hall–Kier alpha value is -1.48. The molecule has 3 nitrogen and oxygen atoms in total. The van der Waals surface area contributed by atoms with Crippen molar-refractivity contribution in [3.63, 3.8) is 0 Å². The molecule has 1 amide bonds. The van der Waals surface area contributed by atoms with E-state index in [-0.39, 0.29) is 5.91 Å². The topological polar surface area (TPSA) is 36.1 Å². The molecule has 22 heavy (non-hydrogen) atoms. The Morgan fingerprint density at radius 2 is 2.18 bits per heavy atom. The molecule has 2 aromatic rings. The fraction of sp³-hybridized carbons (Fsp3) is 0.500. The largest absolute Gasteiger partial charge is 0.361 e.